The molecule has 78 valence electrons. The Morgan fingerprint density at radius 2 is 1.86 bits per heavy atom. The molecule has 1 rings (SSSR count). The number of hydrogen-bond acceptors (Lipinski definition) is 2. The molecule has 14 heavy (non-hydrogen) atoms. The van der Waals surface area contributed by atoms with Gasteiger partial charge in [0, 0.05) is 0 Å². The fourth-order valence-electron chi connectivity index (χ4n) is 0.844. The largest absolute Gasteiger partial charge is 0.593 e. The van der Waals surface area contributed by atoms with Crippen LogP contribution in [0.5, 0.6) is 0 Å². The number of nitrogens with one attached hydrogen (secondary N) is 1. The monoisotopic (exact) mass is 233 g/mol. The Hall–Kier alpha value is -0.360. The van der Waals surface area contributed by atoms with Crippen LogP contribution in [0.25, 0.3) is 0 Å². The minimum atomic E-state index is -3.45. The maximum Gasteiger partial charge on any atom is 0.314 e. The Morgan fingerprint density at radius 1 is 1.36 bits per heavy atom. The second-order valence-electron chi connectivity index (χ2n) is 2.88. The number of rotatable bonds is 3. The van der Waals surface area contributed by atoms with Gasteiger partial charge in [0.2, 0.25) is 0 Å². The summed E-state index contributed by atoms with van der Waals surface area (Å²) in [6.45, 7) is 1.91. The van der Waals surface area contributed by atoms with Crippen molar-refractivity contribution in [3.63, 3.8) is 0 Å². The molecule has 1 aromatic carbocycles. The standard InChI is InChI=1S/C7H12N3O2PS/c1-6-2-4-7(5-3-6)14(12)10-13(8,9)11/h2-5H,1H3,(H5,8,9,10,11). The van der Waals surface area contributed by atoms with Gasteiger partial charge in [0.25, 0.3) is 0 Å². The van der Waals surface area contributed by atoms with Crippen molar-refractivity contribution in [3.8, 4) is 0 Å². The van der Waals surface area contributed by atoms with Crippen LogP contribution in [0.4, 0.5) is 0 Å². The van der Waals surface area contributed by atoms with Crippen molar-refractivity contribution in [1.82, 2.24) is 4.49 Å². The Bertz CT molecular complexity index is 350. The maximum absolute atomic E-state index is 11.4. The predicted octanol–water partition coefficient (Wildman–Crippen LogP) is 0.633. The van der Waals surface area contributed by atoms with E-state index >= 15 is 0 Å². The number of aryl methyl sites for hydroxylation is 1. The molecule has 0 heterocycles. The van der Waals surface area contributed by atoms with Crippen LogP contribution >= 0.6 is 7.59 Å². The van der Waals surface area contributed by atoms with Crippen molar-refractivity contribution in [2.75, 3.05) is 0 Å². The van der Waals surface area contributed by atoms with Crippen LogP contribution in [0.3, 0.4) is 0 Å². The average Bonchev–Trinajstić information content (AvgIpc) is 2.02. The first kappa shape index (κ1) is 11.7. The molecule has 0 amide bonds. The zero-order valence-electron chi connectivity index (χ0n) is 7.64. The molecule has 7 heteroatoms. The second-order valence-corrected chi connectivity index (χ2v) is 6.04. The molecule has 1 atom stereocenters. The SMILES string of the molecule is Cc1ccc([S+]([O-])NP(N)(N)=O)cc1. The molecule has 0 bridgehead atoms. The van der Waals surface area contributed by atoms with Crippen LogP contribution in [0.15, 0.2) is 29.2 Å². The highest BCUT2D eigenvalue weighted by Crippen LogP contribution is 2.23. The van der Waals surface area contributed by atoms with Gasteiger partial charge in [-0.2, -0.15) is 0 Å². The second kappa shape index (κ2) is 4.44. The predicted molar refractivity (Wildman–Crippen MR) is 56.7 cm³/mol. The van der Waals surface area contributed by atoms with Gasteiger partial charge < -0.3 is 4.55 Å². The fourth-order valence-corrected chi connectivity index (χ4v) is 2.69. The molecule has 1 unspecified atom stereocenters. The van der Waals surface area contributed by atoms with E-state index in [0.717, 1.165) is 5.56 Å². The topological polar surface area (TPSA) is 104 Å². The molecule has 5 N–H and O–H groups in total. The molecule has 0 aromatic heterocycles. The van der Waals surface area contributed by atoms with Gasteiger partial charge in [0.05, 0.1) is 11.4 Å². The van der Waals surface area contributed by atoms with E-state index in [9.17, 15) is 9.12 Å². The van der Waals surface area contributed by atoms with Gasteiger partial charge in [-0.05, 0) is 19.1 Å². The fraction of sp³-hybridized carbons (Fsp3) is 0.143. The van der Waals surface area contributed by atoms with Crippen molar-refractivity contribution in [1.29, 1.82) is 0 Å². The van der Waals surface area contributed by atoms with Crippen molar-refractivity contribution < 1.29 is 9.12 Å². The van der Waals surface area contributed by atoms with Gasteiger partial charge >= 0.3 is 7.59 Å². The molecule has 0 spiro atoms. The van der Waals surface area contributed by atoms with Gasteiger partial charge in [-0.3, -0.25) is 15.6 Å². The van der Waals surface area contributed by atoms with Gasteiger partial charge in [-0.1, -0.05) is 22.2 Å². The van der Waals surface area contributed by atoms with Gasteiger partial charge in [0.15, 0.2) is 4.90 Å². The first-order valence-corrected chi connectivity index (χ1v) is 6.81. The smallest absolute Gasteiger partial charge is 0.314 e. The highest BCUT2D eigenvalue weighted by molar-refractivity contribution is 7.95. The molecule has 0 aliphatic carbocycles. The summed E-state index contributed by atoms with van der Waals surface area (Å²) in [6, 6.07) is 6.92. The summed E-state index contributed by atoms with van der Waals surface area (Å²) in [5.41, 5.74) is 11.1. The van der Waals surface area contributed by atoms with E-state index in [-0.39, 0.29) is 0 Å². The van der Waals surface area contributed by atoms with E-state index in [1.165, 1.54) is 0 Å². The quantitative estimate of drug-likeness (QED) is 0.524. The van der Waals surface area contributed by atoms with Crippen molar-refractivity contribution >= 4 is 19.0 Å². The van der Waals surface area contributed by atoms with Crippen molar-refractivity contribution in [2.24, 2.45) is 11.0 Å². The summed E-state index contributed by atoms with van der Waals surface area (Å²) < 4.78 is 24.5. The van der Waals surface area contributed by atoms with E-state index in [1.54, 1.807) is 24.3 Å². The molecule has 0 saturated carbocycles. The third-order valence-corrected chi connectivity index (χ3v) is 3.97. The zero-order chi connectivity index (χ0) is 10.8. The lowest BCUT2D eigenvalue weighted by Gasteiger charge is -2.12. The van der Waals surface area contributed by atoms with E-state index in [4.69, 9.17) is 11.0 Å². The lowest BCUT2D eigenvalue weighted by Crippen LogP contribution is -2.28. The van der Waals surface area contributed by atoms with E-state index in [1.807, 2.05) is 6.92 Å². The lowest BCUT2D eigenvalue weighted by atomic mass is 10.2. The summed E-state index contributed by atoms with van der Waals surface area (Å²) >= 11 is -1.62. The summed E-state index contributed by atoms with van der Waals surface area (Å²) in [5, 5.41) is 0. The minimum absolute atomic E-state index is 0.492. The van der Waals surface area contributed by atoms with E-state index < -0.39 is 19.0 Å². The van der Waals surface area contributed by atoms with Crippen molar-refractivity contribution in [2.45, 2.75) is 11.8 Å². The van der Waals surface area contributed by atoms with Gasteiger partial charge in [0.1, 0.15) is 0 Å². The average molecular weight is 233 g/mol. The van der Waals surface area contributed by atoms with Gasteiger partial charge in [-0.15, -0.1) is 0 Å². The normalized spacial score (nSPS) is 14.0. The van der Waals surface area contributed by atoms with Crippen LogP contribution in [-0.4, -0.2) is 4.55 Å². The molecule has 0 aliphatic heterocycles. The third-order valence-electron chi connectivity index (χ3n) is 1.46. The van der Waals surface area contributed by atoms with Crippen LogP contribution in [-0.2, 0) is 15.9 Å². The van der Waals surface area contributed by atoms with Crippen LogP contribution < -0.4 is 15.5 Å². The molecular weight excluding hydrogens is 221 g/mol. The minimum Gasteiger partial charge on any atom is -0.593 e. The van der Waals surface area contributed by atoms with Crippen LogP contribution in [0.2, 0.25) is 0 Å². The number of nitrogens with two attached hydrogens (primary N) is 2. The molecule has 0 aliphatic rings. The number of hydrogen-bond donors (Lipinski definition) is 3. The maximum atomic E-state index is 11.4. The molecule has 0 fully saturated rings. The van der Waals surface area contributed by atoms with E-state index in [0.29, 0.717) is 4.90 Å². The van der Waals surface area contributed by atoms with E-state index in [2.05, 4.69) is 4.49 Å². The van der Waals surface area contributed by atoms with Crippen LogP contribution in [0.1, 0.15) is 5.56 Å². The molecule has 0 radical (unpaired) electrons. The Labute approximate surface area is 85.7 Å². The molecule has 5 nitrogen and oxygen atoms in total. The first-order chi connectivity index (χ1) is 6.38. The molecule has 1 aromatic rings. The van der Waals surface area contributed by atoms with Crippen LogP contribution in [0, 0.1) is 6.92 Å². The lowest BCUT2D eigenvalue weighted by molar-refractivity contribution is 0.566. The Kier molecular flexibility index (Phi) is 3.71. The first-order valence-electron chi connectivity index (χ1n) is 3.82. The van der Waals surface area contributed by atoms with Gasteiger partial charge in [-0.25, -0.2) is 0 Å². The number of benzene rings is 1. The Morgan fingerprint density at radius 3 is 2.29 bits per heavy atom. The summed E-state index contributed by atoms with van der Waals surface area (Å²) in [7, 11) is -3.45. The highest BCUT2D eigenvalue weighted by atomic mass is 32.2. The highest BCUT2D eigenvalue weighted by Gasteiger charge is 2.19. The Balaban J connectivity index is 2.75. The molecular formula is C7H12N3O2PS. The third kappa shape index (κ3) is 3.79. The van der Waals surface area contributed by atoms with Crippen molar-refractivity contribution in [3.05, 3.63) is 29.8 Å². The zero-order valence-corrected chi connectivity index (χ0v) is 9.35. The summed E-state index contributed by atoms with van der Waals surface area (Å²) in [6.07, 6.45) is 0. The molecule has 0 saturated heterocycles. The summed E-state index contributed by atoms with van der Waals surface area (Å²) in [4.78, 5) is 0.492. The summed E-state index contributed by atoms with van der Waals surface area (Å²) in [5.74, 6) is 0.